The second-order valence-corrected chi connectivity index (χ2v) is 9.70. The van der Waals surface area contributed by atoms with Crippen LogP contribution in [0.4, 0.5) is 14.3 Å². The average Bonchev–Trinajstić information content (AvgIpc) is 3.38. The van der Waals surface area contributed by atoms with E-state index in [4.69, 9.17) is 27.9 Å². The fourth-order valence-electron chi connectivity index (χ4n) is 3.76. The number of ether oxygens (including phenoxy) is 1. The molecule has 0 bridgehead atoms. The van der Waals surface area contributed by atoms with Gasteiger partial charge in [0.05, 0.1) is 15.2 Å². The Hall–Kier alpha value is -2.62. The standard InChI is InChI=1S/C23H23Cl2FN4O3S/c1-13(20-15(24)6-7-16(26)21(20)25)33-14-5-8-17-18(12-14)34-23(28-17)29-22(32)27-9-3-11-30-10-2-4-19(30)31/h5-8,12-13H,2-4,9-11H2,1H3,(H2,27,28,29,32). The second-order valence-electron chi connectivity index (χ2n) is 7.88. The summed E-state index contributed by atoms with van der Waals surface area (Å²) in [7, 11) is 0. The van der Waals surface area contributed by atoms with E-state index in [0.717, 1.165) is 17.7 Å². The Bertz CT molecular complexity index is 1220. The Kier molecular flexibility index (Phi) is 7.75. The zero-order valence-corrected chi connectivity index (χ0v) is 20.7. The molecular formula is C23H23Cl2FN4O3S. The molecule has 1 atom stereocenters. The van der Waals surface area contributed by atoms with Gasteiger partial charge < -0.3 is 15.0 Å². The number of nitrogens with zero attached hydrogens (tertiary/aromatic N) is 2. The summed E-state index contributed by atoms with van der Waals surface area (Å²) in [6.45, 7) is 3.64. The number of benzene rings is 2. The van der Waals surface area contributed by atoms with Crippen LogP contribution in [0.3, 0.4) is 0 Å². The van der Waals surface area contributed by atoms with Gasteiger partial charge in [-0.2, -0.15) is 0 Å². The van der Waals surface area contributed by atoms with Crippen LogP contribution in [-0.2, 0) is 4.79 Å². The summed E-state index contributed by atoms with van der Waals surface area (Å²) in [5.41, 5.74) is 1.08. The third-order valence-corrected chi connectivity index (χ3v) is 7.09. The van der Waals surface area contributed by atoms with Crippen LogP contribution in [-0.4, -0.2) is 41.5 Å². The van der Waals surface area contributed by atoms with Crippen molar-refractivity contribution in [3.8, 4) is 5.75 Å². The smallest absolute Gasteiger partial charge is 0.321 e. The Labute approximate surface area is 210 Å². The molecule has 1 aliphatic heterocycles. The number of nitrogens with one attached hydrogen (secondary N) is 2. The van der Waals surface area contributed by atoms with Crippen LogP contribution < -0.4 is 15.4 Å². The second kappa shape index (κ2) is 10.8. The van der Waals surface area contributed by atoms with Gasteiger partial charge in [-0.3, -0.25) is 10.1 Å². The molecular weight excluding hydrogens is 502 g/mol. The maximum absolute atomic E-state index is 13.8. The number of hydrogen-bond acceptors (Lipinski definition) is 5. The van der Waals surface area contributed by atoms with Gasteiger partial charge in [0, 0.05) is 36.6 Å². The van der Waals surface area contributed by atoms with Crippen LogP contribution in [0.25, 0.3) is 10.2 Å². The molecule has 3 amide bonds. The number of halogens is 3. The SMILES string of the molecule is CC(Oc1ccc2nc(NC(=O)NCCCN3CCCC3=O)sc2c1)c1c(Cl)ccc(F)c1Cl. The van der Waals surface area contributed by atoms with Crippen LogP contribution >= 0.6 is 34.5 Å². The van der Waals surface area contributed by atoms with Gasteiger partial charge in [-0.05, 0) is 50.1 Å². The minimum atomic E-state index is -0.583. The third kappa shape index (κ3) is 5.71. The minimum Gasteiger partial charge on any atom is -0.486 e. The van der Waals surface area contributed by atoms with Crippen molar-refractivity contribution in [2.24, 2.45) is 0 Å². The van der Waals surface area contributed by atoms with Crippen molar-refractivity contribution in [1.82, 2.24) is 15.2 Å². The Morgan fingerprint density at radius 1 is 1.32 bits per heavy atom. The molecule has 180 valence electrons. The normalized spacial score (nSPS) is 14.5. The van der Waals surface area contributed by atoms with E-state index in [1.807, 2.05) is 4.90 Å². The molecule has 1 aliphatic rings. The molecule has 0 radical (unpaired) electrons. The van der Waals surface area contributed by atoms with E-state index in [2.05, 4.69) is 15.6 Å². The van der Waals surface area contributed by atoms with Gasteiger partial charge in [-0.1, -0.05) is 34.5 Å². The molecule has 2 aromatic carbocycles. The maximum Gasteiger partial charge on any atom is 0.321 e. The molecule has 4 rings (SSSR count). The number of anilines is 1. The summed E-state index contributed by atoms with van der Waals surface area (Å²) in [5, 5.41) is 6.22. The average molecular weight is 525 g/mol. The molecule has 3 aromatic rings. The number of hydrogen-bond donors (Lipinski definition) is 2. The summed E-state index contributed by atoms with van der Waals surface area (Å²) in [6.07, 6.45) is 1.63. The molecule has 0 spiro atoms. The molecule has 34 heavy (non-hydrogen) atoms. The lowest BCUT2D eigenvalue weighted by Gasteiger charge is -2.18. The zero-order valence-electron chi connectivity index (χ0n) is 18.4. The number of fused-ring (bicyclic) bond motifs is 1. The first-order valence-corrected chi connectivity index (χ1v) is 12.4. The number of likely N-dealkylation sites (tertiary alicyclic amines) is 1. The maximum atomic E-state index is 13.8. The van der Waals surface area contributed by atoms with Gasteiger partial charge in [0.1, 0.15) is 17.7 Å². The lowest BCUT2D eigenvalue weighted by molar-refractivity contribution is -0.127. The molecule has 1 saturated heterocycles. The molecule has 7 nitrogen and oxygen atoms in total. The number of carbonyl (C=O) groups excluding carboxylic acids is 2. The van der Waals surface area contributed by atoms with Gasteiger partial charge >= 0.3 is 6.03 Å². The molecule has 11 heteroatoms. The molecule has 1 unspecified atom stereocenters. The van der Waals surface area contributed by atoms with Crippen LogP contribution in [0.15, 0.2) is 30.3 Å². The highest BCUT2D eigenvalue weighted by atomic mass is 35.5. The van der Waals surface area contributed by atoms with E-state index in [1.54, 1.807) is 25.1 Å². The van der Waals surface area contributed by atoms with Crippen LogP contribution in [0.5, 0.6) is 5.75 Å². The number of rotatable bonds is 8. The van der Waals surface area contributed by atoms with Crippen LogP contribution in [0, 0.1) is 5.82 Å². The minimum absolute atomic E-state index is 0.0663. The zero-order chi connectivity index (χ0) is 24.2. The molecule has 2 heterocycles. The van der Waals surface area contributed by atoms with Crippen molar-refractivity contribution in [3.63, 3.8) is 0 Å². The van der Waals surface area contributed by atoms with E-state index in [-0.39, 0.29) is 17.0 Å². The molecule has 1 fully saturated rings. The molecule has 2 N–H and O–H groups in total. The number of thiazole rings is 1. The van der Waals surface area contributed by atoms with Crippen molar-refractivity contribution >= 4 is 61.8 Å². The Morgan fingerprint density at radius 2 is 2.15 bits per heavy atom. The topological polar surface area (TPSA) is 83.6 Å². The highest BCUT2D eigenvalue weighted by Crippen LogP contribution is 2.36. The third-order valence-electron chi connectivity index (χ3n) is 5.44. The van der Waals surface area contributed by atoms with Gasteiger partial charge in [0.15, 0.2) is 5.13 Å². The fourth-order valence-corrected chi connectivity index (χ4v) is 5.33. The Balaban J connectivity index is 1.33. The highest BCUT2D eigenvalue weighted by molar-refractivity contribution is 7.22. The van der Waals surface area contributed by atoms with E-state index < -0.39 is 11.9 Å². The number of urea groups is 1. The summed E-state index contributed by atoms with van der Waals surface area (Å²) < 4.78 is 20.6. The fraction of sp³-hybridized carbons (Fsp3) is 0.348. The summed E-state index contributed by atoms with van der Waals surface area (Å²) in [4.78, 5) is 30.0. The van der Waals surface area contributed by atoms with Crippen LogP contribution in [0.1, 0.15) is 37.9 Å². The molecule has 0 saturated carbocycles. The molecule has 0 aliphatic carbocycles. The van der Waals surface area contributed by atoms with Crippen molar-refractivity contribution in [3.05, 3.63) is 51.8 Å². The van der Waals surface area contributed by atoms with Gasteiger partial charge in [0.2, 0.25) is 5.91 Å². The largest absolute Gasteiger partial charge is 0.486 e. The summed E-state index contributed by atoms with van der Waals surface area (Å²) in [5.74, 6) is 0.152. The first-order valence-electron chi connectivity index (χ1n) is 10.8. The van der Waals surface area contributed by atoms with E-state index in [9.17, 15) is 14.0 Å². The van der Waals surface area contributed by atoms with Crippen molar-refractivity contribution in [2.45, 2.75) is 32.3 Å². The van der Waals surface area contributed by atoms with Gasteiger partial charge in [0.25, 0.3) is 0 Å². The van der Waals surface area contributed by atoms with Gasteiger partial charge in [-0.15, -0.1) is 0 Å². The summed E-state index contributed by atoms with van der Waals surface area (Å²) >= 11 is 13.6. The lowest BCUT2D eigenvalue weighted by atomic mass is 10.1. The first-order chi connectivity index (χ1) is 16.3. The number of carbonyl (C=O) groups is 2. The van der Waals surface area contributed by atoms with Crippen molar-refractivity contribution in [2.75, 3.05) is 25.0 Å². The first kappa shape index (κ1) is 24.5. The van der Waals surface area contributed by atoms with E-state index in [0.29, 0.717) is 52.9 Å². The quantitative estimate of drug-likeness (QED) is 0.279. The number of amides is 3. The van der Waals surface area contributed by atoms with Gasteiger partial charge in [-0.25, -0.2) is 14.2 Å². The number of aromatic nitrogens is 1. The lowest BCUT2D eigenvalue weighted by Crippen LogP contribution is -2.32. The van der Waals surface area contributed by atoms with E-state index >= 15 is 0 Å². The van der Waals surface area contributed by atoms with Crippen molar-refractivity contribution in [1.29, 1.82) is 0 Å². The monoisotopic (exact) mass is 524 g/mol. The predicted molar refractivity (Wildman–Crippen MR) is 133 cm³/mol. The van der Waals surface area contributed by atoms with Crippen LogP contribution in [0.2, 0.25) is 10.0 Å². The summed E-state index contributed by atoms with van der Waals surface area (Å²) in [6, 6.07) is 7.61. The van der Waals surface area contributed by atoms with Crippen molar-refractivity contribution < 1.29 is 18.7 Å². The Morgan fingerprint density at radius 3 is 2.91 bits per heavy atom. The highest BCUT2D eigenvalue weighted by Gasteiger charge is 2.20. The predicted octanol–water partition coefficient (Wildman–Crippen LogP) is 6.02. The molecule has 1 aromatic heterocycles. The van der Waals surface area contributed by atoms with E-state index in [1.165, 1.54) is 23.5 Å².